The Balaban J connectivity index is 1.44. The van der Waals surface area contributed by atoms with Crippen LogP contribution >= 0.6 is 0 Å². The average molecular weight is 427 g/mol. The van der Waals surface area contributed by atoms with E-state index in [0.29, 0.717) is 18.7 Å². The lowest BCUT2D eigenvalue weighted by Crippen LogP contribution is -2.38. The summed E-state index contributed by atoms with van der Waals surface area (Å²) in [5.41, 5.74) is 3.71. The third-order valence-electron chi connectivity index (χ3n) is 5.72. The molecule has 0 saturated carbocycles. The molecule has 2 N–H and O–H groups in total. The highest BCUT2D eigenvalue weighted by Crippen LogP contribution is 2.25. The van der Waals surface area contributed by atoms with Crippen molar-refractivity contribution in [2.75, 3.05) is 13.1 Å². The molecule has 1 heterocycles. The number of carbonyl (C=O) groups excluding carboxylic acids is 2. The number of nitrogens with one attached hydrogen (secondary N) is 1. The number of phenolic OH excluding ortho intramolecular Hbond substituents is 1. The second-order valence-electron chi connectivity index (χ2n) is 7.87. The van der Waals surface area contributed by atoms with E-state index in [1.807, 2.05) is 65.6 Å². The monoisotopic (exact) mass is 426 g/mol. The van der Waals surface area contributed by atoms with Crippen LogP contribution in [0.15, 0.2) is 91.0 Å². The Morgan fingerprint density at radius 2 is 1.56 bits per heavy atom. The number of aromatic hydroxyl groups is 1. The predicted molar refractivity (Wildman–Crippen MR) is 125 cm³/mol. The Labute approximate surface area is 188 Å². The molecule has 1 aliphatic rings. The van der Waals surface area contributed by atoms with Gasteiger partial charge < -0.3 is 15.3 Å². The smallest absolute Gasteiger partial charge is 0.251 e. The molecule has 0 aliphatic carbocycles. The Morgan fingerprint density at radius 3 is 2.19 bits per heavy atom. The van der Waals surface area contributed by atoms with Crippen LogP contribution in [0.5, 0.6) is 5.75 Å². The zero-order chi connectivity index (χ0) is 22.3. The normalized spacial score (nSPS) is 14.4. The molecule has 0 aromatic heterocycles. The van der Waals surface area contributed by atoms with Gasteiger partial charge in [0.15, 0.2) is 0 Å². The zero-order valence-corrected chi connectivity index (χ0v) is 17.8. The summed E-state index contributed by atoms with van der Waals surface area (Å²) < 4.78 is 0. The number of carbonyl (C=O) groups is 2. The highest BCUT2D eigenvalue weighted by Gasteiger charge is 2.24. The SMILES string of the molecule is O=C(NC(CC(=O)N1CC=C(c2ccc(O)cc2)CC1)c1ccccc1)c1ccccc1. The fourth-order valence-electron chi connectivity index (χ4n) is 3.91. The van der Waals surface area contributed by atoms with Gasteiger partial charge in [-0.15, -0.1) is 0 Å². The van der Waals surface area contributed by atoms with Crippen LogP contribution in [0.2, 0.25) is 0 Å². The molecule has 1 aliphatic heterocycles. The Bertz CT molecular complexity index is 1090. The quantitative estimate of drug-likeness (QED) is 0.607. The van der Waals surface area contributed by atoms with Crippen molar-refractivity contribution in [2.24, 2.45) is 0 Å². The minimum atomic E-state index is -0.404. The van der Waals surface area contributed by atoms with Crippen LogP contribution in [0.25, 0.3) is 5.57 Å². The maximum absolute atomic E-state index is 13.1. The van der Waals surface area contributed by atoms with Gasteiger partial charge in [0.1, 0.15) is 5.75 Å². The maximum atomic E-state index is 13.1. The van der Waals surface area contributed by atoms with E-state index < -0.39 is 6.04 Å². The second kappa shape index (κ2) is 9.96. The molecule has 0 fully saturated rings. The topological polar surface area (TPSA) is 69.6 Å². The minimum Gasteiger partial charge on any atom is -0.508 e. The van der Waals surface area contributed by atoms with Crippen molar-refractivity contribution in [3.8, 4) is 5.75 Å². The molecule has 0 bridgehead atoms. The van der Waals surface area contributed by atoms with E-state index in [4.69, 9.17) is 0 Å². The molecule has 3 aromatic rings. The zero-order valence-electron chi connectivity index (χ0n) is 17.8. The molecule has 5 heteroatoms. The van der Waals surface area contributed by atoms with Gasteiger partial charge >= 0.3 is 0 Å². The molecule has 1 unspecified atom stereocenters. The molecule has 0 saturated heterocycles. The molecule has 32 heavy (non-hydrogen) atoms. The lowest BCUT2D eigenvalue weighted by Gasteiger charge is -2.29. The van der Waals surface area contributed by atoms with E-state index in [1.165, 1.54) is 5.57 Å². The summed E-state index contributed by atoms with van der Waals surface area (Å²) in [7, 11) is 0. The first-order chi connectivity index (χ1) is 15.6. The van der Waals surface area contributed by atoms with E-state index in [0.717, 1.165) is 17.5 Å². The molecule has 5 nitrogen and oxygen atoms in total. The summed E-state index contributed by atoms with van der Waals surface area (Å²) in [4.78, 5) is 27.7. The minimum absolute atomic E-state index is 0.00761. The third-order valence-corrected chi connectivity index (χ3v) is 5.72. The van der Waals surface area contributed by atoms with Gasteiger partial charge in [-0.2, -0.15) is 0 Å². The largest absolute Gasteiger partial charge is 0.508 e. The van der Waals surface area contributed by atoms with Crippen LogP contribution in [0, 0.1) is 0 Å². The van der Waals surface area contributed by atoms with E-state index in [-0.39, 0.29) is 24.0 Å². The van der Waals surface area contributed by atoms with Crippen molar-refractivity contribution in [1.29, 1.82) is 0 Å². The van der Waals surface area contributed by atoms with Crippen molar-refractivity contribution >= 4 is 17.4 Å². The van der Waals surface area contributed by atoms with Crippen molar-refractivity contribution in [2.45, 2.75) is 18.9 Å². The molecule has 162 valence electrons. The molecular weight excluding hydrogens is 400 g/mol. The maximum Gasteiger partial charge on any atom is 0.251 e. The van der Waals surface area contributed by atoms with Crippen molar-refractivity contribution in [3.63, 3.8) is 0 Å². The Hall–Kier alpha value is -3.86. The van der Waals surface area contributed by atoms with Gasteiger partial charge in [0.05, 0.1) is 12.5 Å². The Kier molecular flexibility index (Phi) is 6.66. The highest BCUT2D eigenvalue weighted by atomic mass is 16.3. The average Bonchev–Trinajstić information content (AvgIpc) is 2.85. The fourth-order valence-corrected chi connectivity index (χ4v) is 3.91. The molecule has 3 aromatic carbocycles. The van der Waals surface area contributed by atoms with Gasteiger partial charge in [-0.1, -0.05) is 66.7 Å². The van der Waals surface area contributed by atoms with Crippen molar-refractivity contribution in [3.05, 3.63) is 108 Å². The van der Waals surface area contributed by atoms with E-state index in [9.17, 15) is 14.7 Å². The molecule has 4 rings (SSSR count). The van der Waals surface area contributed by atoms with E-state index >= 15 is 0 Å². The lowest BCUT2D eigenvalue weighted by molar-refractivity contribution is -0.131. The Morgan fingerprint density at radius 1 is 0.906 bits per heavy atom. The summed E-state index contributed by atoms with van der Waals surface area (Å²) in [6.45, 7) is 1.16. The van der Waals surface area contributed by atoms with Gasteiger partial charge in [0, 0.05) is 18.7 Å². The number of hydrogen-bond acceptors (Lipinski definition) is 3. The molecule has 0 spiro atoms. The molecule has 1 atom stereocenters. The summed E-state index contributed by atoms with van der Waals surface area (Å²) in [6.07, 6.45) is 3.02. The number of benzene rings is 3. The highest BCUT2D eigenvalue weighted by molar-refractivity contribution is 5.94. The van der Waals surface area contributed by atoms with E-state index in [2.05, 4.69) is 11.4 Å². The second-order valence-corrected chi connectivity index (χ2v) is 7.87. The van der Waals surface area contributed by atoms with Gasteiger partial charge in [-0.25, -0.2) is 0 Å². The number of rotatable bonds is 6. The van der Waals surface area contributed by atoms with Gasteiger partial charge in [0.2, 0.25) is 5.91 Å². The first kappa shape index (κ1) is 21.4. The summed E-state index contributed by atoms with van der Waals surface area (Å²) in [5, 5.41) is 12.5. The number of hydrogen-bond donors (Lipinski definition) is 2. The van der Waals surface area contributed by atoms with Crippen LogP contribution in [-0.2, 0) is 4.79 Å². The van der Waals surface area contributed by atoms with Gasteiger partial charge in [-0.05, 0) is 47.4 Å². The van der Waals surface area contributed by atoms with Crippen LogP contribution in [0.3, 0.4) is 0 Å². The number of amides is 2. The summed E-state index contributed by atoms with van der Waals surface area (Å²) in [5.74, 6) is 0.0556. The van der Waals surface area contributed by atoms with Crippen molar-refractivity contribution in [1.82, 2.24) is 10.2 Å². The van der Waals surface area contributed by atoms with Gasteiger partial charge in [-0.3, -0.25) is 9.59 Å². The van der Waals surface area contributed by atoms with Crippen LogP contribution in [-0.4, -0.2) is 34.9 Å². The van der Waals surface area contributed by atoms with Crippen LogP contribution in [0.1, 0.15) is 40.4 Å². The van der Waals surface area contributed by atoms with Gasteiger partial charge in [0.25, 0.3) is 5.91 Å². The standard InChI is InChI=1S/C27H26N2O3/c30-24-13-11-20(12-14-24)21-15-17-29(18-16-21)26(31)19-25(22-7-3-1-4-8-22)28-27(32)23-9-5-2-6-10-23/h1-15,25,30H,16-19H2,(H,28,32). The van der Waals surface area contributed by atoms with Crippen LogP contribution < -0.4 is 5.32 Å². The molecule has 0 radical (unpaired) electrons. The molecule has 2 amide bonds. The number of nitrogens with zero attached hydrogens (tertiary/aromatic N) is 1. The van der Waals surface area contributed by atoms with Crippen LogP contribution in [0.4, 0.5) is 0 Å². The third kappa shape index (κ3) is 5.24. The van der Waals surface area contributed by atoms with Crippen molar-refractivity contribution < 1.29 is 14.7 Å². The first-order valence-corrected chi connectivity index (χ1v) is 10.8. The first-order valence-electron chi connectivity index (χ1n) is 10.8. The number of phenols is 1. The summed E-state index contributed by atoms with van der Waals surface area (Å²) >= 11 is 0. The fraction of sp³-hybridized carbons (Fsp3) is 0.185. The predicted octanol–water partition coefficient (Wildman–Crippen LogP) is 4.57. The molecular formula is C27H26N2O3. The summed E-state index contributed by atoms with van der Waals surface area (Å²) in [6, 6.07) is 25.4. The lowest BCUT2D eigenvalue weighted by atomic mass is 9.98. The van der Waals surface area contributed by atoms with E-state index in [1.54, 1.807) is 24.3 Å².